The van der Waals surface area contributed by atoms with Crippen molar-refractivity contribution in [2.24, 2.45) is 17.3 Å². The van der Waals surface area contributed by atoms with Gasteiger partial charge in [-0.15, -0.1) is 0 Å². The molecule has 2 atom stereocenters. The van der Waals surface area contributed by atoms with Gasteiger partial charge >= 0.3 is 0 Å². The van der Waals surface area contributed by atoms with Gasteiger partial charge in [-0.3, -0.25) is 0 Å². The monoisotopic (exact) mass is 381 g/mol. The van der Waals surface area contributed by atoms with Crippen molar-refractivity contribution >= 4 is 0 Å². The fraction of sp³-hybridized carbons (Fsp3) is 0.630. The zero-order valence-electron chi connectivity index (χ0n) is 18.5. The van der Waals surface area contributed by atoms with Crippen LogP contribution < -0.4 is 0 Å². The highest BCUT2D eigenvalue weighted by atomic mass is 15.0. The van der Waals surface area contributed by atoms with Gasteiger partial charge in [-0.1, -0.05) is 90.2 Å². The fourth-order valence-corrected chi connectivity index (χ4v) is 5.60. The van der Waals surface area contributed by atoms with E-state index in [0.717, 1.165) is 12.5 Å². The Labute approximate surface area is 174 Å². The average molecular weight is 382 g/mol. The first-order chi connectivity index (χ1) is 13.7. The Morgan fingerprint density at radius 3 is 2.39 bits per heavy atom. The largest absolute Gasteiger partial charge is 0.353 e. The van der Waals surface area contributed by atoms with Gasteiger partial charge in [0.25, 0.3) is 0 Å². The van der Waals surface area contributed by atoms with Gasteiger partial charge in [0.1, 0.15) is 0 Å². The molecule has 0 aliphatic heterocycles. The summed E-state index contributed by atoms with van der Waals surface area (Å²) < 4.78 is 2.42. The lowest BCUT2D eigenvalue weighted by molar-refractivity contribution is 0.0532. The Hall–Kier alpha value is -1.50. The fourth-order valence-electron chi connectivity index (χ4n) is 5.60. The van der Waals surface area contributed by atoms with E-state index in [2.05, 4.69) is 61.7 Å². The van der Waals surface area contributed by atoms with Gasteiger partial charge in [-0.2, -0.15) is 0 Å². The minimum absolute atomic E-state index is 0.155. The number of hydrogen-bond donors (Lipinski definition) is 0. The lowest BCUT2D eigenvalue weighted by Gasteiger charge is -2.49. The molecule has 1 aromatic rings. The molecule has 1 aliphatic rings. The van der Waals surface area contributed by atoms with Crippen LogP contribution in [0.4, 0.5) is 0 Å². The summed E-state index contributed by atoms with van der Waals surface area (Å²) in [6.45, 7) is 14.4. The van der Waals surface area contributed by atoms with Crippen LogP contribution in [0.15, 0.2) is 61.5 Å². The van der Waals surface area contributed by atoms with Crippen molar-refractivity contribution < 1.29 is 0 Å². The molecule has 1 heteroatoms. The number of rotatable bonds is 13. The molecule has 1 heterocycles. The van der Waals surface area contributed by atoms with Crippen LogP contribution >= 0.6 is 0 Å². The van der Waals surface area contributed by atoms with E-state index in [1.54, 1.807) is 0 Å². The molecule has 0 saturated heterocycles. The van der Waals surface area contributed by atoms with Crippen LogP contribution in [0.1, 0.15) is 84.5 Å². The van der Waals surface area contributed by atoms with Crippen LogP contribution in [0.25, 0.3) is 0 Å². The van der Waals surface area contributed by atoms with Crippen LogP contribution in [0.2, 0.25) is 0 Å². The van der Waals surface area contributed by atoms with Crippen molar-refractivity contribution in [1.82, 2.24) is 4.57 Å². The predicted octanol–water partition coefficient (Wildman–Crippen LogP) is 8.35. The highest BCUT2D eigenvalue weighted by Crippen LogP contribution is 2.53. The minimum Gasteiger partial charge on any atom is -0.353 e. The van der Waals surface area contributed by atoms with Gasteiger partial charge < -0.3 is 4.57 Å². The summed E-state index contributed by atoms with van der Waals surface area (Å²) in [4.78, 5) is 0. The van der Waals surface area contributed by atoms with E-state index >= 15 is 0 Å². The van der Waals surface area contributed by atoms with Crippen LogP contribution in [0, 0.1) is 17.3 Å². The number of aromatic nitrogens is 1. The van der Waals surface area contributed by atoms with E-state index in [4.69, 9.17) is 6.58 Å². The molecule has 2 unspecified atom stereocenters. The van der Waals surface area contributed by atoms with Crippen LogP contribution in [0.5, 0.6) is 0 Å². The number of nitrogens with zero attached hydrogens (tertiary/aromatic N) is 1. The molecule has 0 radical (unpaired) electrons. The first kappa shape index (κ1) is 22.8. The van der Waals surface area contributed by atoms with E-state index in [0.29, 0.717) is 5.92 Å². The Morgan fingerprint density at radius 2 is 1.79 bits per heavy atom. The molecular formula is C27H43N. The highest BCUT2D eigenvalue weighted by Gasteiger charge is 2.46. The number of allylic oxidation sites excluding steroid dienone is 4. The quantitative estimate of drug-likeness (QED) is 0.239. The molecule has 28 heavy (non-hydrogen) atoms. The summed E-state index contributed by atoms with van der Waals surface area (Å²) in [5.74, 6) is 1.44. The van der Waals surface area contributed by atoms with Gasteiger partial charge in [-0.25, -0.2) is 0 Å². The van der Waals surface area contributed by atoms with Crippen molar-refractivity contribution in [2.75, 3.05) is 0 Å². The summed E-state index contributed by atoms with van der Waals surface area (Å²) in [6.07, 6.45) is 25.5. The van der Waals surface area contributed by atoms with Gasteiger partial charge in [0.05, 0.1) is 0 Å². The predicted molar refractivity (Wildman–Crippen MR) is 124 cm³/mol. The van der Waals surface area contributed by atoms with Crippen molar-refractivity contribution in [3.8, 4) is 0 Å². The molecule has 0 aromatic carbocycles. The maximum Gasteiger partial charge on any atom is 0.0321 e. The molecule has 1 aromatic heterocycles. The lowest BCUT2D eigenvalue weighted by atomic mass is 9.56. The molecule has 2 rings (SSSR count). The van der Waals surface area contributed by atoms with E-state index in [-0.39, 0.29) is 5.41 Å². The lowest BCUT2D eigenvalue weighted by Crippen LogP contribution is -2.44. The van der Waals surface area contributed by atoms with E-state index in [9.17, 15) is 0 Å². The molecule has 0 bridgehead atoms. The average Bonchev–Trinajstić information content (AvgIpc) is 3.23. The third-order valence-corrected chi connectivity index (χ3v) is 7.00. The SMILES string of the molecule is C=C/C=C\C(=C)C(Cn1cccc1)(C(CCC)CCCCC)C1CCCCC1. The molecule has 1 aliphatic carbocycles. The molecule has 1 saturated carbocycles. The van der Waals surface area contributed by atoms with E-state index < -0.39 is 0 Å². The minimum atomic E-state index is 0.155. The first-order valence-electron chi connectivity index (χ1n) is 11.8. The third-order valence-electron chi connectivity index (χ3n) is 7.00. The highest BCUT2D eigenvalue weighted by molar-refractivity contribution is 5.29. The molecule has 1 nitrogen and oxygen atoms in total. The topological polar surface area (TPSA) is 4.93 Å². The second kappa shape index (κ2) is 12.1. The maximum absolute atomic E-state index is 4.70. The molecule has 1 fully saturated rings. The Morgan fingerprint density at radius 1 is 1.07 bits per heavy atom. The molecular weight excluding hydrogens is 338 g/mol. The molecule has 0 spiro atoms. The summed E-state index contributed by atoms with van der Waals surface area (Å²) in [5.41, 5.74) is 1.49. The normalized spacial score (nSPS) is 18.8. The zero-order chi connectivity index (χ0) is 20.2. The van der Waals surface area contributed by atoms with Crippen molar-refractivity contribution in [3.05, 3.63) is 61.5 Å². The Balaban J connectivity index is 2.48. The van der Waals surface area contributed by atoms with Gasteiger partial charge in [0.15, 0.2) is 0 Å². The van der Waals surface area contributed by atoms with Crippen molar-refractivity contribution in [1.29, 1.82) is 0 Å². The van der Waals surface area contributed by atoms with Crippen molar-refractivity contribution in [3.63, 3.8) is 0 Å². The maximum atomic E-state index is 4.70. The number of hydrogen-bond acceptors (Lipinski definition) is 0. The second-order valence-corrected chi connectivity index (χ2v) is 8.83. The van der Waals surface area contributed by atoms with Gasteiger partial charge in [0, 0.05) is 24.4 Å². The van der Waals surface area contributed by atoms with E-state index in [1.165, 1.54) is 76.2 Å². The summed E-state index contributed by atoms with van der Waals surface area (Å²) in [5, 5.41) is 0. The third kappa shape index (κ3) is 5.75. The van der Waals surface area contributed by atoms with Crippen LogP contribution in [-0.2, 0) is 6.54 Å². The summed E-state index contributed by atoms with van der Waals surface area (Å²) in [7, 11) is 0. The van der Waals surface area contributed by atoms with Gasteiger partial charge in [-0.05, 0) is 55.2 Å². The molecule has 0 amide bonds. The first-order valence-corrected chi connectivity index (χ1v) is 11.8. The van der Waals surface area contributed by atoms with Crippen LogP contribution in [0.3, 0.4) is 0 Å². The van der Waals surface area contributed by atoms with Gasteiger partial charge in [0.2, 0.25) is 0 Å². The number of unbranched alkanes of at least 4 members (excludes halogenated alkanes) is 2. The Kier molecular flexibility index (Phi) is 9.88. The zero-order valence-corrected chi connectivity index (χ0v) is 18.5. The summed E-state index contributed by atoms with van der Waals surface area (Å²) in [6, 6.07) is 4.33. The summed E-state index contributed by atoms with van der Waals surface area (Å²) >= 11 is 0. The van der Waals surface area contributed by atoms with Crippen LogP contribution in [-0.4, -0.2) is 4.57 Å². The van der Waals surface area contributed by atoms with Crippen molar-refractivity contribution in [2.45, 2.75) is 91.0 Å². The molecule has 0 N–H and O–H groups in total. The van der Waals surface area contributed by atoms with E-state index in [1.807, 2.05) is 6.08 Å². The smallest absolute Gasteiger partial charge is 0.0321 e. The standard InChI is InChI=1S/C27H43N/c1-5-8-11-18-25(16-7-3)27(24(4)17-9-6-2,23-28-21-14-15-22-28)26-19-12-10-13-20-26/h6,9,14-15,17,21-22,25-26H,2,4-5,7-8,10-13,16,18-20,23H2,1,3H3/b17-9-. The molecule has 156 valence electrons. The Bertz CT molecular complexity index is 588. The second-order valence-electron chi connectivity index (χ2n) is 8.83.